The van der Waals surface area contributed by atoms with Crippen molar-refractivity contribution in [3.63, 3.8) is 0 Å². The number of methoxy groups -OCH3 is 1. The Balaban J connectivity index is 2.60. The highest BCUT2D eigenvalue weighted by atomic mass is 32.2. The van der Waals surface area contributed by atoms with E-state index in [9.17, 15) is 4.79 Å². The molecule has 3 nitrogen and oxygen atoms in total. The molecule has 0 saturated heterocycles. The first-order valence-corrected chi connectivity index (χ1v) is 6.17. The molecule has 1 aromatic carbocycles. The number of esters is 1. The number of rotatable bonds is 5. The number of benzene rings is 1. The van der Waals surface area contributed by atoms with Gasteiger partial charge in [0.25, 0.3) is 0 Å². The monoisotopic (exact) mass is 239 g/mol. The fraction of sp³-hybridized carbons (Fsp3) is 0.417. The predicted molar refractivity (Wildman–Crippen MR) is 67.4 cm³/mol. The second-order valence-electron chi connectivity index (χ2n) is 3.52. The topological polar surface area (TPSA) is 52.3 Å². The Morgan fingerprint density at radius 3 is 2.56 bits per heavy atom. The Morgan fingerprint density at radius 2 is 2.06 bits per heavy atom. The smallest absolute Gasteiger partial charge is 0.315 e. The molecule has 2 N–H and O–H groups in total. The molecule has 0 spiro atoms. The quantitative estimate of drug-likeness (QED) is 0.797. The minimum atomic E-state index is -0.212. The largest absolute Gasteiger partial charge is 0.468 e. The maximum atomic E-state index is 11.0. The zero-order valence-electron chi connectivity index (χ0n) is 9.60. The van der Waals surface area contributed by atoms with Crippen LogP contribution >= 0.6 is 11.8 Å². The molecular weight excluding hydrogens is 222 g/mol. The molecule has 0 aliphatic carbocycles. The number of hydrogen-bond acceptors (Lipinski definition) is 4. The summed E-state index contributed by atoms with van der Waals surface area (Å²) in [6.45, 7) is 2.56. The van der Waals surface area contributed by atoms with Crippen molar-refractivity contribution < 1.29 is 9.53 Å². The Bertz CT molecular complexity index is 337. The first-order chi connectivity index (χ1) is 7.67. The highest BCUT2D eigenvalue weighted by Crippen LogP contribution is 2.27. The van der Waals surface area contributed by atoms with Crippen LogP contribution in [0.5, 0.6) is 0 Å². The van der Waals surface area contributed by atoms with Gasteiger partial charge in [0, 0.05) is 11.8 Å². The van der Waals surface area contributed by atoms with Gasteiger partial charge in [-0.1, -0.05) is 29.8 Å². The molecule has 0 aliphatic rings. The number of hydrogen-bond donors (Lipinski definition) is 1. The predicted octanol–water partition coefficient (Wildman–Crippen LogP) is 1.90. The molecule has 0 radical (unpaired) electrons. The van der Waals surface area contributed by atoms with Crippen LogP contribution in [-0.2, 0) is 9.53 Å². The summed E-state index contributed by atoms with van der Waals surface area (Å²) in [5, 5.41) is 0.152. The molecule has 1 aromatic rings. The van der Waals surface area contributed by atoms with Gasteiger partial charge in [0.2, 0.25) is 0 Å². The highest BCUT2D eigenvalue weighted by Gasteiger charge is 2.12. The van der Waals surface area contributed by atoms with Gasteiger partial charge >= 0.3 is 5.97 Å². The standard InChI is InChI=1S/C12H17NO2S/c1-9-3-5-10(6-4-9)11(7-13)16-8-12(14)15-2/h3-6,11H,7-8,13H2,1-2H3. The Kier molecular flexibility index (Phi) is 5.35. The molecule has 0 aliphatic heterocycles. The van der Waals surface area contributed by atoms with Gasteiger partial charge in [-0.05, 0) is 12.5 Å². The number of aryl methyl sites for hydroxylation is 1. The molecule has 16 heavy (non-hydrogen) atoms. The van der Waals surface area contributed by atoms with Crippen LogP contribution in [0.3, 0.4) is 0 Å². The van der Waals surface area contributed by atoms with Gasteiger partial charge in [-0.25, -0.2) is 0 Å². The van der Waals surface area contributed by atoms with Gasteiger partial charge in [-0.15, -0.1) is 11.8 Å². The summed E-state index contributed by atoms with van der Waals surface area (Å²) in [5.74, 6) is 0.127. The lowest BCUT2D eigenvalue weighted by Gasteiger charge is -2.14. The molecule has 1 rings (SSSR count). The number of ether oxygens (including phenoxy) is 1. The Morgan fingerprint density at radius 1 is 1.44 bits per heavy atom. The van der Waals surface area contributed by atoms with Crippen LogP contribution in [0.4, 0.5) is 0 Å². The first-order valence-electron chi connectivity index (χ1n) is 5.12. The summed E-state index contributed by atoms with van der Waals surface area (Å²) in [6, 6.07) is 8.21. The van der Waals surface area contributed by atoms with E-state index in [2.05, 4.69) is 29.0 Å². The van der Waals surface area contributed by atoms with Crippen LogP contribution in [0.1, 0.15) is 16.4 Å². The number of carbonyl (C=O) groups excluding carboxylic acids is 1. The van der Waals surface area contributed by atoms with E-state index in [0.29, 0.717) is 12.3 Å². The summed E-state index contributed by atoms with van der Waals surface area (Å²) in [6.07, 6.45) is 0. The SMILES string of the molecule is COC(=O)CSC(CN)c1ccc(C)cc1. The van der Waals surface area contributed by atoms with Crippen molar-refractivity contribution in [2.24, 2.45) is 5.73 Å². The number of thioether (sulfide) groups is 1. The Hall–Kier alpha value is -1.00. The lowest BCUT2D eigenvalue weighted by Crippen LogP contribution is -2.13. The summed E-state index contributed by atoms with van der Waals surface area (Å²) in [7, 11) is 1.40. The summed E-state index contributed by atoms with van der Waals surface area (Å²) in [5.41, 5.74) is 8.07. The molecule has 0 aromatic heterocycles. The molecule has 0 fully saturated rings. The van der Waals surface area contributed by atoms with E-state index >= 15 is 0 Å². The van der Waals surface area contributed by atoms with Crippen molar-refractivity contribution in [1.82, 2.24) is 0 Å². The second-order valence-corrected chi connectivity index (χ2v) is 4.71. The van der Waals surface area contributed by atoms with Crippen LogP contribution in [0.15, 0.2) is 24.3 Å². The molecule has 1 atom stereocenters. The van der Waals surface area contributed by atoms with Crippen LogP contribution in [0, 0.1) is 6.92 Å². The molecular formula is C12H17NO2S. The fourth-order valence-corrected chi connectivity index (χ4v) is 2.25. The molecule has 1 unspecified atom stereocenters. The first kappa shape index (κ1) is 13.1. The maximum Gasteiger partial charge on any atom is 0.315 e. The average Bonchev–Trinajstić information content (AvgIpc) is 2.31. The molecule has 0 saturated carbocycles. The van der Waals surface area contributed by atoms with Gasteiger partial charge in [-0.2, -0.15) is 0 Å². The third-order valence-corrected chi connectivity index (χ3v) is 3.56. The lowest BCUT2D eigenvalue weighted by atomic mass is 10.1. The second kappa shape index (κ2) is 6.55. The molecule has 0 bridgehead atoms. The number of nitrogens with two attached hydrogens (primary N) is 1. The van der Waals surface area contributed by atoms with Crippen molar-refractivity contribution in [2.45, 2.75) is 12.2 Å². The van der Waals surface area contributed by atoms with Crippen molar-refractivity contribution in [2.75, 3.05) is 19.4 Å². The van der Waals surface area contributed by atoms with Crippen LogP contribution < -0.4 is 5.73 Å². The third kappa shape index (κ3) is 3.87. The van der Waals surface area contributed by atoms with Crippen LogP contribution in [0.2, 0.25) is 0 Å². The van der Waals surface area contributed by atoms with Gasteiger partial charge in [0.1, 0.15) is 0 Å². The fourth-order valence-electron chi connectivity index (χ4n) is 1.31. The van der Waals surface area contributed by atoms with E-state index in [1.807, 2.05) is 6.92 Å². The van der Waals surface area contributed by atoms with Gasteiger partial charge < -0.3 is 10.5 Å². The van der Waals surface area contributed by atoms with Crippen molar-refractivity contribution in [3.05, 3.63) is 35.4 Å². The van der Waals surface area contributed by atoms with Crippen molar-refractivity contribution in [3.8, 4) is 0 Å². The molecule has 4 heteroatoms. The lowest BCUT2D eigenvalue weighted by molar-refractivity contribution is -0.137. The van der Waals surface area contributed by atoms with Crippen LogP contribution in [0.25, 0.3) is 0 Å². The van der Waals surface area contributed by atoms with Gasteiger partial charge in [0.15, 0.2) is 0 Å². The molecule has 88 valence electrons. The van der Waals surface area contributed by atoms with E-state index in [1.54, 1.807) is 0 Å². The maximum absolute atomic E-state index is 11.0. The normalized spacial score (nSPS) is 12.2. The van der Waals surface area contributed by atoms with E-state index in [-0.39, 0.29) is 11.2 Å². The minimum absolute atomic E-state index is 0.152. The van der Waals surface area contributed by atoms with Crippen molar-refractivity contribution in [1.29, 1.82) is 0 Å². The molecule has 0 amide bonds. The Labute approximate surface area is 100 Å². The zero-order chi connectivity index (χ0) is 12.0. The highest BCUT2D eigenvalue weighted by molar-refractivity contribution is 8.00. The van der Waals surface area contributed by atoms with E-state index in [1.165, 1.54) is 24.4 Å². The van der Waals surface area contributed by atoms with Gasteiger partial charge in [0.05, 0.1) is 12.9 Å². The van der Waals surface area contributed by atoms with E-state index in [0.717, 1.165) is 5.56 Å². The minimum Gasteiger partial charge on any atom is -0.468 e. The van der Waals surface area contributed by atoms with Gasteiger partial charge in [-0.3, -0.25) is 4.79 Å². The summed E-state index contributed by atoms with van der Waals surface area (Å²) >= 11 is 1.51. The number of carbonyl (C=O) groups is 1. The summed E-state index contributed by atoms with van der Waals surface area (Å²) < 4.78 is 4.60. The molecule has 0 heterocycles. The third-order valence-electron chi connectivity index (χ3n) is 2.29. The average molecular weight is 239 g/mol. The van der Waals surface area contributed by atoms with E-state index in [4.69, 9.17) is 5.73 Å². The van der Waals surface area contributed by atoms with Crippen LogP contribution in [-0.4, -0.2) is 25.4 Å². The summed E-state index contributed by atoms with van der Waals surface area (Å²) in [4.78, 5) is 11.0. The zero-order valence-corrected chi connectivity index (χ0v) is 10.4. The van der Waals surface area contributed by atoms with E-state index < -0.39 is 0 Å². The van der Waals surface area contributed by atoms with Crippen molar-refractivity contribution >= 4 is 17.7 Å².